The number of thiophene rings is 2. The summed E-state index contributed by atoms with van der Waals surface area (Å²) < 4.78 is 5.29. The SMILES string of the molecule is O=C(N[C@H](c1ccsc1)c1cccs1)[C@H]1CCOC1. The third-order valence-electron chi connectivity index (χ3n) is 3.29. The van der Waals surface area contributed by atoms with E-state index < -0.39 is 0 Å². The highest BCUT2D eigenvalue weighted by atomic mass is 32.1. The molecule has 0 bridgehead atoms. The summed E-state index contributed by atoms with van der Waals surface area (Å²) in [4.78, 5) is 13.4. The van der Waals surface area contributed by atoms with Crippen LogP contribution < -0.4 is 5.32 Å². The predicted octanol–water partition coefficient (Wildman–Crippen LogP) is 3.05. The maximum Gasteiger partial charge on any atom is 0.226 e. The molecule has 2 atom stereocenters. The smallest absolute Gasteiger partial charge is 0.226 e. The molecule has 3 heterocycles. The van der Waals surface area contributed by atoms with Gasteiger partial charge in [-0.1, -0.05) is 6.07 Å². The van der Waals surface area contributed by atoms with Crippen LogP contribution in [-0.2, 0) is 9.53 Å². The average molecular weight is 293 g/mol. The van der Waals surface area contributed by atoms with Crippen LogP contribution in [0.4, 0.5) is 0 Å². The number of ether oxygens (including phenoxy) is 1. The normalized spacial score (nSPS) is 20.3. The summed E-state index contributed by atoms with van der Waals surface area (Å²) in [6.45, 7) is 1.24. The van der Waals surface area contributed by atoms with E-state index in [2.05, 4.69) is 22.8 Å². The molecule has 0 aliphatic carbocycles. The maximum absolute atomic E-state index is 12.3. The lowest BCUT2D eigenvalue weighted by molar-refractivity contribution is -0.125. The first-order valence-electron chi connectivity index (χ1n) is 6.28. The van der Waals surface area contributed by atoms with Crippen molar-refractivity contribution in [1.29, 1.82) is 0 Å². The molecule has 19 heavy (non-hydrogen) atoms. The van der Waals surface area contributed by atoms with Crippen LogP contribution >= 0.6 is 22.7 Å². The molecule has 5 heteroatoms. The fraction of sp³-hybridized carbons (Fsp3) is 0.357. The Kier molecular flexibility index (Phi) is 3.96. The van der Waals surface area contributed by atoms with Gasteiger partial charge in [0.25, 0.3) is 0 Å². The summed E-state index contributed by atoms with van der Waals surface area (Å²) in [5, 5.41) is 9.34. The van der Waals surface area contributed by atoms with Gasteiger partial charge in [-0.05, 0) is 40.3 Å². The van der Waals surface area contributed by atoms with Crippen LogP contribution in [0.2, 0.25) is 0 Å². The van der Waals surface area contributed by atoms with Crippen molar-refractivity contribution in [2.45, 2.75) is 12.5 Å². The van der Waals surface area contributed by atoms with Gasteiger partial charge in [0, 0.05) is 11.5 Å². The van der Waals surface area contributed by atoms with Crippen molar-refractivity contribution in [3.63, 3.8) is 0 Å². The zero-order chi connectivity index (χ0) is 13.1. The second-order valence-electron chi connectivity index (χ2n) is 4.57. The molecule has 1 N–H and O–H groups in total. The standard InChI is InChI=1S/C14H15NO2S2/c16-14(10-3-5-17-8-10)15-13(11-4-7-18-9-11)12-2-1-6-19-12/h1-2,4,6-7,9-10,13H,3,5,8H2,(H,15,16)/t10-,13+/m0/s1. The van der Waals surface area contributed by atoms with Crippen molar-refractivity contribution in [1.82, 2.24) is 5.32 Å². The molecule has 2 aromatic rings. The zero-order valence-corrected chi connectivity index (χ0v) is 12.0. The third kappa shape index (κ3) is 2.88. The Morgan fingerprint density at radius 3 is 3.00 bits per heavy atom. The second-order valence-corrected chi connectivity index (χ2v) is 6.33. The Balaban J connectivity index is 1.78. The topological polar surface area (TPSA) is 38.3 Å². The van der Waals surface area contributed by atoms with Gasteiger partial charge in [-0.15, -0.1) is 11.3 Å². The predicted molar refractivity (Wildman–Crippen MR) is 77.5 cm³/mol. The molecule has 0 saturated carbocycles. The van der Waals surface area contributed by atoms with Crippen molar-refractivity contribution in [3.05, 3.63) is 44.8 Å². The summed E-state index contributed by atoms with van der Waals surface area (Å²) in [6.07, 6.45) is 0.826. The fourth-order valence-electron chi connectivity index (χ4n) is 2.21. The van der Waals surface area contributed by atoms with Crippen LogP contribution in [0.3, 0.4) is 0 Å². The minimum atomic E-state index is -0.0284. The van der Waals surface area contributed by atoms with E-state index in [1.54, 1.807) is 22.7 Å². The molecule has 100 valence electrons. The van der Waals surface area contributed by atoms with E-state index in [1.165, 1.54) is 4.88 Å². The van der Waals surface area contributed by atoms with E-state index in [0.717, 1.165) is 12.0 Å². The van der Waals surface area contributed by atoms with Crippen molar-refractivity contribution in [3.8, 4) is 0 Å². The molecule has 0 aromatic carbocycles. The number of carbonyl (C=O) groups excluding carboxylic acids is 1. The second kappa shape index (κ2) is 5.86. The van der Waals surface area contributed by atoms with Gasteiger partial charge in [0.2, 0.25) is 5.91 Å². The maximum atomic E-state index is 12.3. The molecule has 2 aromatic heterocycles. The van der Waals surface area contributed by atoms with Crippen molar-refractivity contribution in [2.75, 3.05) is 13.2 Å². The van der Waals surface area contributed by atoms with Gasteiger partial charge < -0.3 is 10.1 Å². The number of carbonyl (C=O) groups is 1. The Morgan fingerprint density at radius 1 is 1.42 bits per heavy atom. The molecule has 1 fully saturated rings. The Morgan fingerprint density at radius 2 is 2.37 bits per heavy atom. The molecular weight excluding hydrogens is 278 g/mol. The average Bonchev–Trinajstić information content (AvgIpc) is 3.17. The minimum absolute atomic E-state index is 0.00102. The van der Waals surface area contributed by atoms with Gasteiger partial charge in [0.1, 0.15) is 0 Å². The number of rotatable bonds is 4. The van der Waals surface area contributed by atoms with Crippen LogP contribution in [0.25, 0.3) is 0 Å². The van der Waals surface area contributed by atoms with Crippen LogP contribution in [0.5, 0.6) is 0 Å². The molecule has 3 rings (SSSR count). The summed E-state index contributed by atoms with van der Waals surface area (Å²) in [6, 6.07) is 6.13. The van der Waals surface area contributed by atoms with E-state index in [1.807, 2.05) is 16.8 Å². The minimum Gasteiger partial charge on any atom is -0.381 e. The van der Waals surface area contributed by atoms with Gasteiger partial charge in [-0.25, -0.2) is 0 Å². The number of hydrogen-bond donors (Lipinski definition) is 1. The number of amides is 1. The highest BCUT2D eigenvalue weighted by Gasteiger charge is 2.27. The third-order valence-corrected chi connectivity index (χ3v) is 4.93. The van der Waals surface area contributed by atoms with Crippen LogP contribution in [0.15, 0.2) is 34.3 Å². The first-order chi connectivity index (χ1) is 9.34. The van der Waals surface area contributed by atoms with Gasteiger partial charge >= 0.3 is 0 Å². The number of nitrogens with one attached hydrogen (secondary N) is 1. The Hall–Kier alpha value is -1.17. The van der Waals surface area contributed by atoms with E-state index in [9.17, 15) is 4.79 Å². The van der Waals surface area contributed by atoms with Crippen LogP contribution in [0, 0.1) is 5.92 Å². The Labute approximate surface area is 120 Å². The molecule has 0 radical (unpaired) electrons. The molecule has 1 aliphatic heterocycles. The zero-order valence-electron chi connectivity index (χ0n) is 10.4. The van der Waals surface area contributed by atoms with Crippen molar-refractivity contribution in [2.24, 2.45) is 5.92 Å². The molecule has 1 saturated heterocycles. The van der Waals surface area contributed by atoms with E-state index in [-0.39, 0.29) is 17.9 Å². The highest BCUT2D eigenvalue weighted by molar-refractivity contribution is 7.10. The summed E-state index contributed by atoms with van der Waals surface area (Å²) in [5.41, 5.74) is 1.15. The van der Waals surface area contributed by atoms with Gasteiger partial charge in [0.15, 0.2) is 0 Å². The van der Waals surface area contributed by atoms with Crippen LogP contribution in [-0.4, -0.2) is 19.1 Å². The van der Waals surface area contributed by atoms with Crippen molar-refractivity contribution >= 4 is 28.6 Å². The lowest BCUT2D eigenvalue weighted by Crippen LogP contribution is -2.34. The van der Waals surface area contributed by atoms with Gasteiger partial charge in [-0.2, -0.15) is 11.3 Å². The fourth-order valence-corrected chi connectivity index (χ4v) is 3.70. The first-order valence-corrected chi connectivity index (χ1v) is 8.10. The molecular formula is C14H15NO2S2. The summed E-state index contributed by atoms with van der Waals surface area (Å²) in [7, 11) is 0. The van der Waals surface area contributed by atoms with E-state index >= 15 is 0 Å². The first kappa shape index (κ1) is 12.8. The molecule has 0 unspecified atom stereocenters. The number of hydrogen-bond acceptors (Lipinski definition) is 4. The molecule has 1 amide bonds. The molecule has 1 aliphatic rings. The largest absolute Gasteiger partial charge is 0.381 e. The van der Waals surface area contributed by atoms with Gasteiger partial charge in [0.05, 0.1) is 18.6 Å². The summed E-state index contributed by atoms with van der Waals surface area (Å²) in [5.74, 6) is 0.100. The quantitative estimate of drug-likeness (QED) is 0.941. The Bertz CT molecular complexity index is 481. The monoisotopic (exact) mass is 293 g/mol. The lowest BCUT2D eigenvalue weighted by atomic mass is 10.1. The highest BCUT2D eigenvalue weighted by Crippen LogP contribution is 2.28. The van der Waals surface area contributed by atoms with Crippen LogP contribution in [0.1, 0.15) is 22.9 Å². The van der Waals surface area contributed by atoms with Crippen molar-refractivity contribution < 1.29 is 9.53 Å². The van der Waals surface area contributed by atoms with E-state index in [4.69, 9.17) is 4.74 Å². The lowest BCUT2D eigenvalue weighted by Gasteiger charge is -2.18. The van der Waals surface area contributed by atoms with Gasteiger partial charge in [-0.3, -0.25) is 4.79 Å². The molecule has 3 nitrogen and oxygen atoms in total. The molecule has 0 spiro atoms. The van der Waals surface area contributed by atoms with E-state index in [0.29, 0.717) is 13.2 Å². The summed E-state index contributed by atoms with van der Waals surface area (Å²) >= 11 is 3.33.